The Morgan fingerprint density at radius 1 is 1.16 bits per heavy atom. The van der Waals surface area contributed by atoms with E-state index in [0.717, 1.165) is 41.4 Å². The molecule has 0 spiro atoms. The number of fused-ring (bicyclic) bond motifs is 3. The SMILES string of the molecule is CCC.CCCc1cc(N)c(C2c3[nH]c4ccccc4c3CCN2CC(C)(C)F)c(F)c1. The lowest BCUT2D eigenvalue weighted by molar-refractivity contribution is 0.0978. The van der Waals surface area contributed by atoms with Crippen molar-refractivity contribution >= 4 is 16.6 Å². The second-order valence-corrected chi connectivity index (χ2v) is 9.44. The number of aromatic amines is 1. The Morgan fingerprint density at radius 3 is 2.47 bits per heavy atom. The van der Waals surface area contributed by atoms with Gasteiger partial charge < -0.3 is 10.7 Å². The molecule has 32 heavy (non-hydrogen) atoms. The Balaban J connectivity index is 0.000000913. The zero-order chi connectivity index (χ0) is 23.5. The lowest BCUT2D eigenvalue weighted by atomic mass is 9.89. The molecule has 1 atom stereocenters. The van der Waals surface area contributed by atoms with Gasteiger partial charge in [-0.3, -0.25) is 4.90 Å². The van der Waals surface area contributed by atoms with Crippen molar-refractivity contribution < 1.29 is 8.78 Å². The predicted molar refractivity (Wildman–Crippen MR) is 131 cm³/mol. The number of anilines is 1. The van der Waals surface area contributed by atoms with Crippen LogP contribution in [0.2, 0.25) is 0 Å². The third-order valence-corrected chi connectivity index (χ3v) is 5.75. The van der Waals surface area contributed by atoms with E-state index >= 15 is 4.39 Å². The molecule has 174 valence electrons. The smallest absolute Gasteiger partial charge is 0.130 e. The zero-order valence-electron chi connectivity index (χ0n) is 20.1. The standard InChI is InChI=1S/C24H29F2N3.C3H8/c1-4-7-15-12-18(25)21(19(27)13-15)23-22-17(10-11-29(23)14-24(2,3)26)16-8-5-6-9-20(16)28-22;1-3-2/h5-6,8-9,12-13,23,28H,4,7,10-11,14,27H2,1-3H3;3H2,1-2H3. The molecule has 1 unspecified atom stereocenters. The zero-order valence-corrected chi connectivity index (χ0v) is 20.1. The Morgan fingerprint density at radius 2 is 1.84 bits per heavy atom. The maximum Gasteiger partial charge on any atom is 0.130 e. The first kappa shape index (κ1) is 24.2. The van der Waals surface area contributed by atoms with Gasteiger partial charge in [0.2, 0.25) is 0 Å². The highest BCUT2D eigenvalue weighted by Gasteiger charge is 2.37. The van der Waals surface area contributed by atoms with Crippen LogP contribution in [-0.4, -0.2) is 28.6 Å². The maximum atomic E-state index is 15.4. The molecule has 0 saturated heterocycles. The highest BCUT2D eigenvalue weighted by molar-refractivity contribution is 5.85. The number of benzene rings is 2. The Kier molecular flexibility index (Phi) is 7.60. The topological polar surface area (TPSA) is 45.1 Å². The molecule has 3 N–H and O–H groups in total. The molecule has 2 aromatic carbocycles. The van der Waals surface area contributed by atoms with E-state index in [1.54, 1.807) is 19.9 Å². The summed E-state index contributed by atoms with van der Waals surface area (Å²) in [4.78, 5) is 5.51. The second-order valence-electron chi connectivity index (χ2n) is 9.44. The van der Waals surface area contributed by atoms with Crippen molar-refractivity contribution in [1.29, 1.82) is 0 Å². The third kappa shape index (κ3) is 5.15. The van der Waals surface area contributed by atoms with Gasteiger partial charge >= 0.3 is 0 Å². The first-order valence-corrected chi connectivity index (χ1v) is 11.8. The molecule has 3 nitrogen and oxygen atoms in total. The molecule has 1 aliphatic heterocycles. The van der Waals surface area contributed by atoms with Crippen molar-refractivity contribution in [2.45, 2.75) is 72.0 Å². The lowest BCUT2D eigenvalue weighted by Crippen LogP contribution is -2.43. The number of nitrogens with zero attached hydrogens (tertiary/aromatic N) is 1. The normalized spacial score (nSPS) is 16.5. The van der Waals surface area contributed by atoms with Crippen molar-refractivity contribution in [1.82, 2.24) is 9.88 Å². The van der Waals surface area contributed by atoms with E-state index < -0.39 is 11.7 Å². The van der Waals surface area contributed by atoms with Crippen molar-refractivity contribution in [2.75, 3.05) is 18.8 Å². The quantitative estimate of drug-likeness (QED) is 0.421. The fourth-order valence-corrected chi connectivity index (χ4v) is 4.69. The van der Waals surface area contributed by atoms with Crippen LogP contribution in [-0.2, 0) is 12.8 Å². The molecule has 3 aromatic rings. The number of nitrogens with one attached hydrogen (secondary N) is 1. The third-order valence-electron chi connectivity index (χ3n) is 5.75. The van der Waals surface area contributed by atoms with Crippen LogP contribution in [0.5, 0.6) is 0 Å². The molecule has 1 aliphatic rings. The summed E-state index contributed by atoms with van der Waals surface area (Å²) in [6.07, 6.45) is 3.75. The first-order valence-electron chi connectivity index (χ1n) is 11.8. The van der Waals surface area contributed by atoms with Crippen LogP contribution in [0.15, 0.2) is 36.4 Å². The Bertz CT molecular complexity index is 1030. The molecule has 0 amide bonds. The van der Waals surface area contributed by atoms with Gasteiger partial charge in [0.1, 0.15) is 11.5 Å². The van der Waals surface area contributed by atoms with E-state index in [4.69, 9.17) is 5.73 Å². The summed E-state index contributed by atoms with van der Waals surface area (Å²) in [6.45, 7) is 10.3. The minimum Gasteiger partial charge on any atom is -0.398 e. The van der Waals surface area contributed by atoms with Crippen LogP contribution in [0.4, 0.5) is 14.5 Å². The average molecular weight is 442 g/mol. The molecule has 4 rings (SSSR count). The molecule has 2 heterocycles. The fraction of sp³-hybridized carbons (Fsp3) is 0.481. The number of aromatic nitrogens is 1. The van der Waals surface area contributed by atoms with E-state index in [1.165, 1.54) is 12.0 Å². The van der Waals surface area contributed by atoms with Crippen LogP contribution in [0.25, 0.3) is 10.9 Å². The molecule has 0 aliphatic carbocycles. The Labute approximate surface area is 191 Å². The molecule has 0 radical (unpaired) electrons. The van der Waals surface area contributed by atoms with Gasteiger partial charge in [-0.15, -0.1) is 0 Å². The number of nitrogens with two attached hydrogens (primary N) is 1. The summed E-state index contributed by atoms with van der Waals surface area (Å²) in [7, 11) is 0. The number of halogens is 2. The van der Waals surface area contributed by atoms with Crippen molar-refractivity contribution in [3.8, 4) is 0 Å². The number of para-hydroxylation sites is 1. The van der Waals surface area contributed by atoms with Crippen molar-refractivity contribution in [3.63, 3.8) is 0 Å². The number of alkyl halides is 1. The number of nitrogen functional groups attached to an aromatic ring is 1. The first-order chi connectivity index (χ1) is 15.2. The second kappa shape index (κ2) is 10.0. The number of H-pyrrole nitrogens is 1. The van der Waals surface area contributed by atoms with Crippen molar-refractivity contribution in [3.05, 3.63) is 64.6 Å². The van der Waals surface area contributed by atoms with Crippen LogP contribution in [0.3, 0.4) is 0 Å². The summed E-state index contributed by atoms with van der Waals surface area (Å²) < 4.78 is 30.0. The van der Waals surface area contributed by atoms with Gasteiger partial charge in [0.05, 0.1) is 6.04 Å². The van der Waals surface area contributed by atoms with Crippen molar-refractivity contribution in [2.24, 2.45) is 0 Å². The van der Waals surface area contributed by atoms with Gasteiger partial charge in [0.25, 0.3) is 0 Å². The average Bonchev–Trinajstić information content (AvgIpc) is 3.07. The van der Waals surface area contributed by atoms with Gasteiger partial charge in [-0.05, 0) is 56.0 Å². The fourth-order valence-electron chi connectivity index (χ4n) is 4.69. The summed E-state index contributed by atoms with van der Waals surface area (Å²) >= 11 is 0. The molecular weight excluding hydrogens is 404 g/mol. The van der Waals surface area contributed by atoms with E-state index in [9.17, 15) is 4.39 Å². The van der Waals surface area contributed by atoms with Crippen LogP contribution in [0, 0.1) is 5.82 Å². The number of hydrogen-bond acceptors (Lipinski definition) is 2. The maximum absolute atomic E-state index is 15.4. The highest BCUT2D eigenvalue weighted by atomic mass is 19.1. The van der Waals surface area contributed by atoms with Gasteiger partial charge in [-0.25, -0.2) is 8.78 Å². The number of rotatable bonds is 5. The van der Waals surface area contributed by atoms with Gasteiger partial charge in [0, 0.05) is 40.9 Å². The summed E-state index contributed by atoms with van der Waals surface area (Å²) in [5, 5.41) is 1.15. The van der Waals surface area contributed by atoms with E-state index in [-0.39, 0.29) is 12.4 Å². The molecule has 0 fully saturated rings. The van der Waals surface area contributed by atoms with E-state index in [2.05, 4.69) is 31.8 Å². The summed E-state index contributed by atoms with van der Waals surface area (Å²) in [5.74, 6) is -0.313. The lowest BCUT2D eigenvalue weighted by Gasteiger charge is -2.39. The van der Waals surface area contributed by atoms with Crippen LogP contribution >= 0.6 is 0 Å². The Hall–Kier alpha value is -2.40. The minimum atomic E-state index is -1.39. The van der Waals surface area contributed by atoms with Gasteiger partial charge in [-0.2, -0.15) is 0 Å². The molecular formula is C27H37F2N3. The van der Waals surface area contributed by atoms with Gasteiger partial charge in [-0.1, -0.05) is 51.8 Å². The summed E-state index contributed by atoms with van der Waals surface area (Å²) in [6, 6.07) is 11.1. The minimum absolute atomic E-state index is 0.210. The van der Waals surface area contributed by atoms with Crippen LogP contribution < -0.4 is 5.73 Å². The van der Waals surface area contributed by atoms with E-state index in [1.807, 2.05) is 29.2 Å². The predicted octanol–water partition coefficient (Wildman–Crippen LogP) is 6.95. The monoisotopic (exact) mass is 441 g/mol. The molecule has 0 bridgehead atoms. The largest absolute Gasteiger partial charge is 0.398 e. The highest BCUT2D eigenvalue weighted by Crippen LogP contribution is 2.42. The molecule has 0 saturated carbocycles. The number of aryl methyl sites for hydroxylation is 1. The summed E-state index contributed by atoms with van der Waals surface area (Å²) in [5.41, 5.74) is 9.90. The molecule has 1 aromatic heterocycles. The van der Waals surface area contributed by atoms with E-state index in [0.29, 0.717) is 17.8 Å². The number of hydrogen-bond donors (Lipinski definition) is 2. The van der Waals surface area contributed by atoms with Gasteiger partial charge in [0.15, 0.2) is 0 Å². The van der Waals surface area contributed by atoms with Crippen LogP contribution in [0.1, 0.15) is 75.9 Å². The molecule has 5 heteroatoms.